The van der Waals surface area contributed by atoms with Crippen LogP contribution >= 0.6 is 0 Å². The molecule has 0 aromatic carbocycles. The normalized spacial score (nSPS) is 17.6. The van der Waals surface area contributed by atoms with Crippen LogP contribution in [0.3, 0.4) is 0 Å². The number of anilines is 1. The van der Waals surface area contributed by atoms with Crippen LogP contribution in [0, 0.1) is 12.8 Å². The summed E-state index contributed by atoms with van der Waals surface area (Å²) in [4.78, 5) is 30.8. The zero-order valence-corrected chi connectivity index (χ0v) is 13.8. The van der Waals surface area contributed by atoms with Crippen LogP contribution in [0.15, 0.2) is 28.9 Å². The van der Waals surface area contributed by atoms with Gasteiger partial charge in [0, 0.05) is 30.9 Å². The number of carbonyl (C=O) groups is 2. The van der Waals surface area contributed by atoms with Gasteiger partial charge in [0.1, 0.15) is 11.5 Å². The average Bonchev–Trinajstić information content (AvgIpc) is 2.99. The highest BCUT2D eigenvalue weighted by Crippen LogP contribution is 2.18. The summed E-state index contributed by atoms with van der Waals surface area (Å²) in [6, 6.07) is 4.71. The van der Waals surface area contributed by atoms with E-state index in [0.717, 1.165) is 25.9 Å². The number of hydrogen-bond donors (Lipinski definition) is 1. The van der Waals surface area contributed by atoms with E-state index < -0.39 is 0 Å². The molecule has 7 nitrogen and oxygen atoms in total. The van der Waals surface area contributed by atoms with Crippen LogP contribution in [0.25, 0.3) is 0 Å². The molecule has 0 aliphatic carbocycles. The summed E-state index contributed by atoms with van der Waals surface area (Å²) in [7, 11) is 0. The molecule has 7 heteroatoms. The fourth-order valence-electron chi connectivity index (χ4n) is 2.84. The van der Waals surface area contributed by atoms with Crippen molar-refractivity contribution in [1.29, 1.82) is 0 Å². The fourth-order valence-corrected chi connectivity index (χ4v) is 2.84. The molecule has 1 N–H and O–H groups in total. The molecule has 1 fully saturated rings. The van der Waals surface area contributed by atoms with Crippen molar-refractivity contribution in [3.63, 3.8) is 0 Å². The van der Waals surface area contributed by atoms with Gasteiger partial charge >= 0.3 is 0 Å². The van der Waals surface area contributed by atoms with Crippen LogP contribution in [0.5, 0.6) is 0 Å². The predicted molar refractivity (Wildman–Crippen MR) is 87.7 cm³/mol. The molecule has 1 saturated heterocycles. The van der Waals surface area contributed by atoms with Crippen molar-refractivity contribution >= 4 is 17.6 Å². The maximum atomic E-state index is 12.6. The van der Waals surface area contributed by atoms with Gasteiger partial charge in [0.25, 0.3) is 11.8 Å². The molecule has 24 heavy (non-hydrogen) atoms. The number of nitrogens with one attached hydrogen (secondary N) is 1. The average molecular weight is 328 g/mol. The molecule has 1 aliphatic rings. The van der Waals surface area contributed by atoms with Crippen molar-refractivity contribution in [2.24, 2.45) is 5.92 Å². The molecule has 126 valence electrons. The van der Waals surface area contributed by atoms with E-state index in [4.69, 9.17) is 4.52 Å². The third-order valence-corrected chi connectivity index (χ3v) is 4.06. The maximum absolute atomic E-state index is 12.6. The quantitative estimate of drug-likeness (QED) is 0.935. The number of aryl methyl sites for hydroxylation is 1. The van der Waals surface area contributed by atoms with E-state index in [1.54, 1.807) is 24.0 Å². The number of likely N-dealkylation sites (tertiary alicyclic amines) is 1. The highest BCUT2D eigenvalue weighted by molar-refractivity contribution is 6.05. The highest BCUT2D eigenvalue weighted by atomic mass is 16.5. The van der Waals surface area contributed by atoms with Gasteiger partial charge in [-0.3, -0.25) is 14.6 Å². The smallest absolute Gasteiger partial charge is 0.272 e. The first kappa shape index (κ1) is 16.2. The highest BCUT2D eigenvalue weighted by Gasteiger charge is 2.23. The Morgan fingerprint density at radius 1 is 1.38 bits per heavy atom. The lowest BCUT2D eigenvalue weighted by Crippen LogP contribution is -2.39. The van der Waals surface area contributed by atoms with E-state index in [-0.39, 0.29) is 17.5 Å². The van der Waals surface area contributed by atoms with E-state index in [1.807, 2.05) is 0 Å². The summed E-state index contributed by atoms with van der Waals surface area (Å²) in [6.07, 6.45) is 3.61. The molecule has 0 bridgehead atoms. The van der Waals surface area contributed by atoms with E-state index in [0.29, 0.717) is 23.1 Å². The number of aromatic nitrogens is 2. The lowest BCUT2D eigenvalue weighted by molar-refractivity contribution is 0.0677. The van der Waals surface area contributed by atoms with E-state index in [2.05, 4.69) is 22.4 Å². The van der Waals surface area contributed by atoms with Gasteiger partial charge in [0.05, 0.1) is 0 Å². The predicted octanol–water partition coefficient (Wildman–Crippen LogP) is 2.50. The van der Waals surface area contributed by atoms with Gasteiger partial charge in [0.2, 0.25) is 0 Å². The van der Waals surface area contributed by atoms with Gasteiger partial charge in [-0.15, -0.1) is 0 Å². The van der Waals surface area contributed by atoms with E-state index >= 15 is 0 Å². The molecule has 0 spiro atoms. The first-order valence-electron chi connectivity index (χ1n) is 8.03. The van der Waals surface area contributed by atoms with Gasteiger partial charge in [-0.25, -0.2) is 0 Å². The minimum Gasteiger partial charge on any atom is -0.360 e. The van der Waals surface area contributed by atoms with Crippen LogP contribution in [0.1, 0.15) is 46.4 Å². The number of amides is 2. The van der Waals surface area contributed by atoms with Crippen molar-refractivity contribution in [2.75, 3.05) is 18.4 Å². The SMILES string of the molecule is Cc1cc(NC(=O)c2ccnc(C(=O)N3CCCC(C)C3)c2)no1. The van der Waals surface area contributed by atoms with Crippen LogP contribution in [-0.2, 0) is 0 Å². The van der Waals surface area contributed by atoms with Gasteiger partial charge in [0.15, 0.2) is 5.82 Å². The van der Waals surface area contributed by atoms with Crippen LogP contribution in [0.2, 0.25) is 0 Å². The number of nitrogens with zero attached hydrogens (tertiary/aromatic N) is 3. The van der Waals surface area contributed by atoms with E-state index in [9.17, 15) is 9.59 Å². The van der Waals surface area contributed by atoms with Gasteiger partial charge < -0.3 is 14.7 Å². The molecule has 1 unspecified atom stereocenters. The van der Waals surface area contributed by atoms with Gasteiger partial charge in [-0.05, 0) is 37.8 Å². The third kappa shape index (κ3) is 3.61. The zero-order valence-electron chi connectivity index (χ0n) is 13.8. The molecule has 2 aromatic rings. The standard InChI is InChI=1S/C17H20N4O3/c1-11-4-3-7-21(10-11)17(23)14-9-13(5-6-18-14)16(22)19-15-8-12(2)24-20-15/h5-6,8-9,11H,3-4,7,10H2,1-2H3,(H,19,20,22). The monoisotopic (exact) mass is 328 g/mol. The Morgan fingerprint density at radius 2 is 2.21 bits per heavy atom. The number of piperidine rings is 1. The second kappa shape index (κ2) is 6.82. The molecule has 3 heterocycles. The number of pyridine rings is 1. The van der Waals surface area contributed by atoms with Crippen LogP contribution in [0.4, 0.5) is 5.82 Å². The number of carbonyl (C=O) groups excluding carboxylic acids is 2. The lowest BCUT2D eigenvalue weighted by Gasteiger charge is -2.30. The Bertz CT molecular complexity index is 756. The zero-order chi connectivity index (χ0) is 17.1. The Labute approximate surface area is 140 Å². The largest absolute Gasteiger partial charge is 0.360 e. The Morgan fingerprint density at radius 3 is 2.92 bits per heavy atom. The van der Waals surface area contributed by atoms with Crippen molar-refractivity contribution in [2.45, 2.75) is 26.7 Å². The molecule has 3 rings (SSSR count). The Balaban J connectivity index is 1.73. The van der Waals surface area contributed by atoms with Crippen molar-refractivity contribution in [3.05, 3.63) is 41.4 Å². The summed E-state index contributed by atoms with van der Waals surface area (Å²) in [5, 5.41) is 6.36. The van der Waals surface area contributed by atoms with Gasteiger partial charge in [-0.2, -0.15) is 0 Å². The summed E-state index contributed by atoms with van der Waals surface area (Å²) < 4.78 is 4.91. The Kier molecular flexibility index (Phi) is 4.59. The van der Waals surface area contributed by atoms with Gasteiger partial charge in [-0.1, -0.05) is 12.1 Å². The summed E-state index contributed by atoms with van der Waals surface area (Å²) in [5.74, 6) is 0.951. The first-order valence-corrected chi connectivity index (χ1v) is 8.03. The molecule has 1 aliphatic heterocycles. The molecule has 1 atom stereocenters. The molecular formula is C17H20N4O3. The van der Waals surface area contributed by atoms with Crippen molar-refractivity contribution < 1.29 is 14.1 Å². The van der Waals surface area contributed by atoms with Crippen molar-refractivity contribution in [1.82, 2.24) is 15.0 Å². The van der Waals surface area contributed by atoms with Crippen LogP contribution < -0.4 is 5.32 Å². The fraction of sp³-hybridized carbons (Fsp3) is 0.412. The number of hydrogen-bond acceptors (Lipinski definition) is 5. The minimum atomic E-state index is -0.355. The second-order valence-electron chi connectivity index (χ2n) is 6.21. The molecule has 0 radical (unpaired) electrons. The summed E-state index contributed by atoms with van der Waals surface area (Å²) in [6.45, 7) is 5.34. The number of rotatable bonds is 3. The topological polar surface area (TPSA) is 88.3 Å². The minimum absolute atomic E-state index is 0.131. The van der Waals surface area contributed by atoms with E-state index in [1.165, 1.54) is 12.3 Å². The lowest BCUT2D eigenvalue weighted by atomic mass is 10.00. The summed E-state index contributed by atoms with van der Waals surface area (Å²) >= 11 is 0. The third-order valence-electron chi connectivity index (χ3n) is 4.06. The molecular weight excluding hydrogens is 308 g/mol. The Hall–Kier alpha value is -2.70. The summed E-state index contributed by atoms with van der Waals surface area (Å²) in [5.41, 5.74) is 0.646. The van der Waals surface area contributed by atoms with Crippen molar-refractivity contribution in [3.8, 4) is 0 Å². The maximum Gasteiger partial charge on any atom is 0.272 e. The van der Waals surface area contributed by atoms with Crippen LogP contribution in [-0.4, -0.2) is 39.9 Å². The first-order chi connectivity index (χ1) is 11.5. The molecule has 2 aromatic heterocycles. The second-order valence-corrected chi connectivity index (χ2v) is 6.21. The molecule has 0 saturated carbocycles. The molecule has 2 amide bonds.